The minimum atomic E-state index is 0. The molecule has 1 rings (SSSR count). The zero-order chi connectivity index (χ0) is 18.2. The first-order chi connectivity index (χ1) is 12.3. The molecule has 0 radical (unpaired) electrons. The molecule has 1 aliphatic rings. The lowest BCUT2D eigenvalue weighted by atomic mass is 10.1. The Kier molecular flexibility index (Phi) is 17.4. The fraction of sp³-hybridized carbons (Fsp3) is 0.889. The van der Waals surface area contributed by atoms with Gasteiger partial charge >= 0.3 is 0 Å². The molecule has 0 atom stereocenters. The Bertz CT molecular complexity index is 377. The molecule has 7 nitrogen and oxygen atoms in total. The summed E-state index contributed by atoms with van der Waals surface area (Å²) in [7, 11) is 0. The van der Waals surface area contributed by atoms with Crippen LogP contribution in [0.25, 0.3) is 0 Å². The highest BCUT2D eigenvalue weighted by atomic mass is 127. The maximum absolute atomic E-state index is 12.2. The highest BCUT2D eigenvalue weighted by molar-refractivity contribution is 14.0. The number of rotatable bonds is 12. The van der Waals surface area contributed by atoms with Crippen molar-refractivity contribution in [3.63, 3.8) is 0 Å². The van der Waals surface area contributed by atoms with Gasteiger partial charge in [-0.05, 0) is 32.6 Å². The maximum Gasteiger partial charge on any atom is 0.244 e. The van der Waals surface area contributed by atoms with Crippen LogP contribution in [0.4, 0.5) is 0 Å². The number of aliphatic imine (C=N–C) groups is 1. The first-order valence-corrected chi connectivity index (χ1v) is 9.73. The number of hydrogen-bond donors (Lipinski definition) is 2. The Morgan fingerprint density at radius 1 is 1.00 bits per heavy atom. The van der Waals surface area contributed by atoms with Gasteiger partial charge in [-0.1, -0.05) is 13.3 Å². The molecule has 1 fully saturated rings. The monoisotopic (exact) mass is 484 g/mol. The van der Waals surface area contributed by atoms with E-state index in [0.717, 1.165) is 51.9 Å². The van der Waals surface area contributed by atoms with Crippen molar-refractivity contribution in [1.29, 1.82) is 0 Å². The van der Waals surface area contributed by atoms with Crippen LogP contribution in [0.2, 0.25) is 0 Å². The molecular formula is C18H37IN4O3. The van der Waals surface area contributed by atoms with Crippen molar-refractivity contribution in [1.82, 2.24) is 15.5 Å². The summed E-state index contributed by atoms with van der Waals surface area (Å²) in [6.07, 6.45) is 5.68. The van der Waals surface area contributed by atoms with Crippen LogP contribution in [-0.2, 0) is 14.3 Å². The Morgan fingerprint density at radius 3 is 2.35 bits per heavy atom. The van der Waals surface area contributed by atoms with Crippen LogP contribution < -0.4 is 10.6 Å². The largest absolute Gasteiger partial charge is 0.379 e. The topological polar surface area (TPSA) is 75.2 Å². The summed E-state index contributed by atoms with van der Waals surface area (Å²) < 4.78 is 11.0. The van der Waals surface area contributed by atoms with Crippen LogP contribution in [0.3, 0.4) is 0 Å². The predicted molar refractivity (Wildman–Crippen MR) is 116 cm³/mol. The zero-order valence-electron chi connectivity index (χ0n) is 16.4. The normalized spacial score (nSPS) is 14.7. The van der Waals surface area contributed by atoms with E-state index in [1.807, 2.05) is 11.8 Å². The molecule has 0 unspecified atom stereocenters. The summed E-state index contributed by atoms with van der Waals surface area (Å²) in [6.45, 7) is 10.1. The van der Waals surface area contributed by atoms with Crippen LogP contribution >= 0.6 is 24.0 Å². The highest BCUT2D eigenvalue weighted by Crippen LogP contribution is 2.08. The predicted octanol–water partition coefficient (Wildman–Crippen LogP) is 2.01. The van der Waals surface area contributed by atoms with Gasteiger partial charge in [-0.2, -0.15) is 0 Å². The molecule has 154 valence electrons. The zero-order valence-corrected chi connectivity index (χ0v) is 18.8. The second-order valence-corrected chi connectivity index (χ2v) is 6.14. The second-order valence-electron chi connectivity index (χ2n) is 6.14. The van der Waals surface area contributed by atoms with E-state index in [9.17, 15) is 4.79 Å². The van der Waals surface area contributed by atoms with Gasteiger partial charge in [0.1, 0.15) is 6.54 Å². The molecule has 1 aliphatic heterocycles. The maximum atomic E-state index is 12.2. The first-order valence-electron chi connectivity index (χ1n) is 9.73. The number of ether oxygens (including phenoxy) is 2. The molecule has 0 bridgehead atoms. The minimum absolute atomic E-state index is 0. The number of carbonyl (C=O) groups excluding carboxylic acids is 1. The van der Waals surface area contributed by atoms with Gasteiger partial charge in [-0.25, -0.2) is 4.99 Å². The molecule has 0 spiro atoms. The lowest BCUT2D eigenvalue weighted by Crippen LogP contribution is -2.41. The van der Waals surface area contributed by atoms with E-state index in [0.29, 0.717) is 32.3 Å². The van der Waals surface area contributed by atoms with Crippen molar-refractivity contribution in [2.45, 2.75) is 46.0 Å². The van der Waals surface area contributed by atoms with Crippen molar-refractivity contribution in [3.05, 3.63) is 0 Å². The molecule has 0 aliphatic carbocycles. The molecule has 2 N–H and O–H groups in total. The van der Waals surface area contributed by atoms with Gasteiger partial charge in [-0.3, -0.25) is 4.79 Å². The van der Waals surface area contributed by atoms with Crippen molar-refractivity contribution < 1.29 is 14.3 Å². The van der Waals surface area contributed by atoms with Crippen LogP contribution in [-0.4, -0.2) is 75.9 Å². The van der Waals surface area contributed by atoms with Gasteiger partial charge in [0.25, 0.3) is 0 Å². The summed E-state index contributed by atoms with van der Waals surface area (Å²) in [5, 5.41) is 6.35. The van der Waals surface area contributed by atoms with Gasteiger partial charge in [0.2, 0.25) is 5.91 Å². The van der Waals surface area contributed by atoms with Crippen molar-refractivity contribution >= 4 is 35.8 Å². The van der Waals surface area contributed by atoms with Gasteiger partial charge in [0.05, 0.1) is 19.8 Å². The third-order valence-electron chi connectivity index (χ3n) is 3.98. The van der Waals surface area contributed by atoms with Crippen LogP contribution in [0.1, 0.15) is 46.0 Å². The lowest BCUT2D eigenvalue weighted by Gasteiger charge is -2.26. The highest BCUT2D eigenvalue weighted by Gasteiger charge is 2.15. The Balaban J connectivity index is 0.00000625. The number of guanidine groups is 1. The summed E-state index contributed by atoms with van der Waals surface area (Å²) in [4.78, 5) is 18.4. The molecule has 1 saturated heterocycles. The van der Waals surface area contributed by atoms with E-state index in [2.05, 4.69) is 22.5 Å². The average Bonchev–Trinajstić information content (AvgIpc) is 2.65. The minimum Gasteiger partial charge on any atom is -0.379 e. The Labute approximate surface area is 175 Å². The standard InChI is InChI=1S/C18H36N4O3.HI/c1-3-5-12-24-14-15-25-13-9-20-18(19-4-2)21-16-17(23)22-10-7-6-8-11-22;/h3-16H2,1-2H3,(H2,19,20,21);1H. The second kappa shape index (κ2) is 17.8. The molecule has 8 heteroatoms. The van der Waals surface area contributed by atoms with E-state index >= 15 is 0 Å². The Hall–Kier alpha value is -0.610. The summed E-state index contributed by atoms with van der Waals surface area (Å²) in [6, 6.07) is 0. The number of halogens is 1. The number of hydrogen-bond acceptors (Lipinski definition) is 4. The number of likely N-dealkylation sites (tertiary alicyclic amines) is 1. The number of nitrogens with zero attached hydrogens (tertiary/aromatic N) is 2. The van der Waals surface area contributed by atoms with E-state index in [-0.39, 0.29) is 36.4 Å². The lowest BCUT2D eigenvalue weighted by molar-refractivity contribution is -0.130. The summed E-state index contributed by atoms with van der Waals surface area (Å²) >= 11 is 0. The van der Waals surface area contributed by atoms with Crippen LogP contribution in [0.15, 0.2) is 4.99 Å². The van der Waals surface area contributed by atoms with Crippen LogP contribution in [0, 0.1) is 0 Å². The number of carbonyl (C=O) groups is 1. The molecule has 0 aromatic rings. The number of nitrogens with one attached hydrogen (secondary N) is 2. The Morgan fingerprint density at radius 2 is 1.69 bits per heavy atom. The van der Waals surface area contributed by atoms with Crippen LogP contribution in [0.5, 0.6) is 0 Å². The van der Waals surface area contributed by atoms with Gasteiger partial charge < -0.3 is 25.0 Å². The average molecular weight is 484 g/mol. The number of unbranched alkanes of at least 4 members (excludes halogenated alkanes) is 1. The van der Waals surface area contributed by atoms with Crippen molar-refractivity contribution in [2.75, 3.05) is 59.2 Å². The third kappa shape index (κ3) is 12.7. The van der Waals surface area contributed by atoms with Gasteiger partial charge in [0, 0.05) is 32.8 Å². The molecule has 0 aromatic carbocycles. The van der Waals surface area contributed by atoms with E-state index in [1.54, 1.807) is 0 Å². The molecule has 1 amide bonds. The quantitative estimate of drug-likeness (QED) is 0.192. The van der Waals surface area contributed by atoms with Gasteiger partial charge in [-0.15, -0.1) is 24.0 Å². The molecular weight excluding hydrogens is 447 g/mol. The summed E-state index contributed by atoms with van der Waals surface area (Å²) in [5.41, 5.74) is 0. The molecule has 1 heterocycles. The van der Waals surface area contributed by atoms with E-state index < -0.39 is 0 Å². The SMILES string of the molecule is CCCCOCCOCCNC(=NCC(=O)N1CCCCC1)NCC.I. The third-order valence-corrected chi connectivity index (χ3v) is 3.98. The first kappa shape index (κ1) is 25.4. The van der Waals surface area contributed by atoms with Crippen molar-refractivity contribution in [3.8, 4) is 0 Å². The van der Waals surface area contributed by atoms with Crippen molar-refractivity contribution in [2.24, 2.45) is 4.99 Å². The molecule has 0 aromatic heterocycles. The fourth-order valence-corrected chi connectivity index (χ4v) is 2.54. The molecule has 0 saturated carbocycles. The summed E-state index contributed by atoms with van der Waals surface area (Å²) in [5.74, 6) is 0.771. The number of amides is 1. The smallest absolute Gasteiger partial charge is 0.244 e. The number of piperidine rings is 1. The van der Waals surface area contributed by atoms with E-state index in [1.165, 1.54) is 6.42 Å². The fourth-order valence-electron chi connectivity index (χ4n) is 2.54. The van der Waals surface area contributed by atoms with Gasteiger partial charge in [0.15, 0.2) is 5.96 Å². The van der Waals surface area contributed by atoms with E-state index in [4.69, 9.17) is 9.47 Å². The molecule has 26 heavy (non-hydrogen) atoms.